The number of benzene rings is 1. The molecule has 0 aromatic heterocycles. The summed E-state index contributed by atoms with van der Waals surface area (Å²) in [6.45, 7) is 5.23. The van der Waals surface area contributed by atoms with Crippen LogP contribution in [-0.2, 0) is 15.7 Å². The Labute approximate surface area is 142 Å². The summed E-state index contributed by atoms with van der Waals surface area (Å²) in [5, 5.41) is 2.56. The zero-order chi connectivity index (χ0) is 18.8. The molecule has 0 aliphatic carbocycles. The van der Waals surface area contributed by atoms with Gasteiger partial charge in [0.05, 0.1) is 24.3 Å². The molecule has 1 aromatic rings. The number of ether oxygens (including phenoxy) is 1. The molecule has 0 bridgehead atoms. The summed E-state index contributed by atoms with van der Waals surface area (Å²) in [5.74, 6) is -0.728. The van der Waals surface area contributed by atoms with Gasteiger partial charge in [-0.3, -0.25) is 4.90 Å². The third-order valence-corrected chi connectivity index (χ3v) is 3.86. The van der Waals surface area contributed by atoms with Crippen molar-refractivity contribution >= 4 is 12.0 Å². The maximum atomic E-state index is 13.0. The van der Waals surface area contributed by atoms with E-state index < -0.39 is 29.8 Å². The van der Waals surface area contributed by atoms with Crippen LogP contribution in [-0.4, -0.2) is 30.6 Å². The largest absolute Gasteiger partial charge is 0.466 e. The molecule has 134 valence electrons. The van der Waals surface area contributed by atoms with Gasteiger partial charge >= 0.3 is 18.2 Å². The topological polar surface area (TPSA) is 58.6 Å². The number of urea groups is 1. The van der Waals surface area contributed by atoms with Gasteiger partial charge in [-0.05, 0) is 24.6 Å². The number of methoxy groups -OCH3 is 1. The van der Waals surface area contributed by atoms with E-state index in [9.17, 15) is 22.8 Å². The molecular weight excluding hydrogens is 337 g/mol. The molecule has 0 saturated carbocycles. The van der Waals surface area contributed by atoms with Crippen molar-refractivity contribution in [1.82, 2.24) is 10.2 Å². The monoisotopic (exact) mass is 354 g/mol. The van der Waals surface area contributed by atoms with E-state index in [0.717, 1.165) is 12.1 Å². The Hall–Kier alpha value is -2.77. The van der Waals surface area contributed by atoms with Crippen LogP contribution in [0.3, 0.4) is 0 Å². The molecule has 25 heavy (non-hydrogen) atoms. The summed E-state index contributed by atoms with van der Waals surface area (Å²) >= 11 is 0. The molecule has 0 radical (unpaired) electrons. The molecule has 1 atom stereocenters. The highest BCUT2D eigenvalue weighted by Crippen LogP contribution is 2.35. The number of alkyl halides is 3. The number of nitrogens with zero attached hydrogens (tertiary/aromatic N) is 1. The second-order valence-electron chi connectivity index (χ2n) is 5.40. The van der Waals surface area contributed by atoms with Gasteiger partial charge in [0.1, 0.15) is 0 Å². The van der Waals surface area contributed by atoms with E-state index in [4.69, 9.17) is 4.74 Å². The minimum absolute atomic E-state index is 0.0725. The van der Waals surface area contributed by atoms with Crippen LogP contribution in [0.5, 0.6) is 0 Å². The van der Waals surface area contributed by atoms with E-state index in [0.29, 0.717) is 5.70 Å². The quantitative estimate of drug-likeness (QED) is 0.666. The van der Waals surface area contributed by atoms with Gasteiger partial charge in [-0.25, -0.2) is 9.59 Å². The number of hydrogen-bond donors (Lipinski definition) is 1. The second-order valence-corrected chi connectivity index (χ2v) is 5.40. The lowest BCUT2D eigenvalue weighted by atomic mass is 9.93. The van der Waals surface area contributed by atoms with Crippen LogP contribution in [0.15, 0.2) is 48.2 Å². The minimum Gasteiger partial charge on any atom is -0.466 e. The van der Waals surface area contributed by atoms with Crippen molar-refractivity contribution in [2.24, 2.45) is 0 Å². The lowest BCUT2D eigenvalue weighted by molar-refractivity contribution is -0.137. The summed E-state index contributed by atoms with van der Waals surface area (Å²) in [5.41, 5.74) is -0.350. The number of halogens is 3. The fourth-order valence-electron chi connectivity index (χ4n) is 2.65. The molecule has 1 aromatic carbocycles. The number of allylic oxidation sites excluding steroid dienone is 1. The van der Waals surface area contributed by atoms with Crippen molar-refractivity contribution in [3.63, 3.8) is 0 Å². The van der Waals surface area contributed by atoms with Crippen LogP contribution < -0.4 is 5.32 Å². The smallest absolute Gasteiger partial charge is 0.416 e. The average Bonchev–Trinajstić information content (AvgIpc) is 2.57. The maximum absolute atomic E-state index is 13.0. The standard InChI is InChI=1S/C17H17F3N2O3/c1-4-8-22-10(2)13(15(23)25-3)14(21-16(22)24)11-6-5-7-12(9-11)17(18,19)20/h4-7,9,14H,1,8H2,2-3H3,(H,21,24)/t14-/m1/s1. The van der Waals surface area contributed by atoms with E-state index >= 15 is 0 Å². The van der Waals surface area contributed by atoms with Crippen LogP contribution in [0.25, 0.3) is 0 Å². The molecule has 1 N–H and O–H groups in total. The molecule has 1 heterocycles. The van der Waals surface area contributed by atoms with E-state index in [1.165, 1.54) is 37.1 Å². The SMILES string of the molecule is C=CCN1C(=O)N[C@H](c2cccc(C(F)(F)F)c2)C(C(=O)OC)=C1C. The zero-order valence-corrected chi connectivity index (χ0v) is 13.7. The summed E-state index contributed by atoms with van der Waals surface area (Å²) in [6.07, 6.45) is -3.06. The lowest BCUT2D eigenvalue weighted by Gasteiger charge is -2.34. The number of amides is 2. The van der Waals surface area contributed by atoms with Gasteiger partial charge in [0.25, 0.3) is 0 Å². The van der Waals surface area contributed by atoms with Crippen molar-refractivity contribution in [3.05, 3.63) is 59.3 Å². The highest BCUT2D eigenvalue weighted by atomic mass is 19.4. The minimum atomic E-state index is -4.53. The predicted octanol–water partition coefficient (Wildman–Crippen LogP) is 3.40. The Bertz CT molecular complexity index is 741. The number of hydrogen-bond acceptors (Lipinski definition) is 3. The fourth-order valence-corrected chi connectivity index (χ4v) is 2.65. The number of carbonyl (C=O) groups is 2. The van der Waals surface area contributed by atoms with Crippen molar-refractivity contribution in [2.45, 2.75) is 19.1 Å². The summed E-state index contributed by atoms with van der Waals surface area (Å²) in [4.78, 5) is 25.7. The third-order valence-electron chi connectivity index (χ3n) is 3.86. The molecule has 1 aliphatic rings. The Balaban J connectivity index is 2.57. The Morgan fingerprint density at radius 3 is 2.68 bits per heavy atom. The zero-order valence-electron chi connectivity index (χ0n) is 13.7. The van der Waals surface area contributed by atoms with Crippen LogP contribution in [0.4, 0.5) is 18.0 Å². The number of nitrogens with one attached hydrogen (secondary N) is 1. The molecule has 0 spiro atoms. The lowest BCUT2D eigenvalue weighted by Crippen LogP contribution is -2.48. The summed E-state index contributed by atoms with van der Waals surface area (Å²) in [6, 6.07) is 2.90. The maximum Gasteiger partial charge on any atom is 0.416 e. The van der Waals surface area contributed by atoms with Gasteiger partial charge in [-0.2, -0.15) is 13.2 Å². The molecule has 0 unspecified atom stereocenters. The molecule has 0 fully saturated rings. The number of carbonyl (C=O) groups excluding carboxylic acids is 2. The highest BCUT2D eigenvalue weighted by molar-refractivity contribution is 5.95. The van der Waals surface area contributed by atoms with Gasteiger partial charge in [0.2, 0.25) is 0 Å². The van der Waals surface area contributed by atoms with Crippen LogP contribution in [0, 0.1) is 0 Å². The molecule has 1 aliphatic heterocycles. The molecule has 2 amide bonds. The molecule has 5 nitrogen and oxygen atoms in total. The first-order valence-electron chi connectivity index (χ1n) is 7.35. The first-order valence-corrected chi connectivity index (χ1v) is 7.35. The fraction of sp³-hybridized carbons (Fsp3) is 0.294. The van der Waals surface area contributed by atoms with Crippen molar-refractivity contribution in [3.8, 4) is 0 Å². The second kappa shape index (κ2) is 7.00. The predicted molar refractivity (Wildman–Crippen MR) is 84.3 cm³/mol. The molecule has 0 saturated heterocycles. The first-order chi connectivity index (χ1) is 11.7. The molecule has 2 rings (SSSR count). The van der Waals surface area contributed by atoms with Crippen LogP contribution in [0.2, 0.25) is 0 Å². The van der Waals surface area contributed by atoms with Gasteiger partial charge in [0, 0.05) is 12.2 Å². The van der Waals surface area contributed by atoms with Gasteiger partial charge in [-0.15, -0.1) is 6.58 Å². The van der Waals surface area contributed by atoms with Gasteiger partial charge in [0.15, 0.2) is 0 Å². The van der Waals surface area contributed by atoms with Crippen molar-refractivity contribution in [1.29, 1.82) is 0 Å². The van der Waals surface area contributed by atoms with Crippen molar-refractivity contribution < 1.29 is 27.5 Å². The van der Waals surface area contributed by atoms with E-state index in [2.05, 4.69) is 11.9 Å². The van der Waals surface area contributed by atoms with Crippen molar-refractivity contribution in [2.75, 3.05) is 13.7 Å². The van der Waals surface area contributed by atoms with Gasteiger partial charge in [-0.1, -0.05) is 18.2 Å². The van der Waals surface area contributed by atoms with E-state index in [-0.39, 0.29) is 17.7 Å². The number of rotatable bonds is 4. The molecule has 8 heteroatoms. The van der Waals surface area contributed by atoms with E-state index in [1.54, 1.807) is 0 Å². The number of esters is 1. The Morgan fingerprint density at radius 2 is 2.12 bits per heavy atom. The van der Waals surface area contributed by atoms with Crippen LogP contribution >= 0.6 is 0 Å². The van der Waals surface area contributed by atoms with E-state index in [1.807, 2.05) is 0 Å². The average molecular weight is 354 g/mol. The highest BCUT2D eigenvalue weighted by Gasteiger charge is 2.37. The molecular formula is C17H17F3N2O3. The third kappa shape index (κ3) is 3.67. The Morgan fingerprint density at radius 1 is 1.44 bits per heavy atom. The first kappa shape index (κ1) is 18.6. The van der Waals surface area contributed by atoms with Crippen LogP contribution in [0.1, 0.15) is 24.1 Å². The summed E-state index contributed by atoms with van der Waals surface area (Å²) in [7, 11) is 1.17. The Kier molecular flexibility index (Phi) is 5.20. The normalized spacial score (nSPS) is 18.0. The van der Waals surface area contributed by atoms with Gasteiger partial charge < -0.3 is 10.1 Å². The summed E-state index contributed by atoms with van der Waals surface area (Å²) < 4.78 is 43.6.